The number of imidazole rings is 1. The SMILES string of the molecule is O=C(O)C(F)(F)F.O=C(O)c1cc2nccn2c(NC2CCc3ccccc32)n1. The van der Waals surface area contributed by atoms with Gasteiger partial charge < -0.3 is 15.5 Å². The summed E-state index contributed by atoms with van der Waals surface area (Å²) in [5, 5.41) is 19.7. The first-order valence-electron chi connectivity index (χ1n) is 8.38. The summed E-state index contributed by atoms with van der Waals surface area (Å²) in [5.74, 6) is -3.30. The van der Waals surface area contributed by atoms with Crippen LogP contribution in [-0.4, -0.2) is 42.7 Å². The number of benzene rings is 1. The fourth-order valence-electron chi connectivity index (χ4n) is 3.00. The Morgan fingerprint density at radius 1 is 1.21 bits per heavy atom. The summed E-state index contributed by atoms with van der Waals surface area (Å²) in [6.07, 6.45) is 0.307. The molecule has 3 aromatic rings. The molecule has 4 rings (SSSR count). The summed E-state index contributed by atoms with van der Waals surface area (Å²) >= 11 is 0. The zero-order valence-corrected chi connectivity index (χ0v) is 14.7. The van der Waals surface area contributed by atoms with Crippen molar-refractivity contribution in [2.24, 2.45) is 0 Å². The highest BCUT2D eigenvalue weighted by Gasteiger charge is 2.38. The van der Waals surface area contributed by atoms with E-state index in [0.717, 1.165) is 12.8 Å². The molecule has 1 aliphatic rings. The Labute approximate surface area is 161 Å². The van der Waals surface area contributed by atoms with Gasteiger partial charge in [0.25, 0.3) is 0 Å². The summed E-state index contributed by atoms with van der Waals surface area (Å²) in [6.45, 7) is 0. The summed E-state index contributed by atoms with van der Waals surface area (Å²) in [5.41, 5.74) is 3.14. The van der Waals surface area contributed by atoms with Gasteiger partial charge in [0.2, 0.25) is 5.95 Å². The van der Waals surface area contributed by atoms with Crippen LogP contribution in [0.25, 0.3) is 5.65 Å². The molecule has 0 spiro atoms. The number of carbonyl (C=O) groups is 2. The third-order valence-electron chi connectivity index (χ3n) is 4.29. The molecule has 1 atom stereocenters. The predicted octanol–water partition coefficient (Wildman–Crippen LogP) is 3.16. The lowest BCUT2D eigenvalue weighted by molar-refractivity contribution is -0.192. The molecule has 2 aromatic heterocycles. The van der Waals surface area contributed by atoms with E-state index in [1.165, 1.54) is 17.2 Å². The third-order valence-corrected chi connectivity index (χ3v) is 4.29. The van der Waals surface area contributed by atoms with Crippen LogP contribution in [0.2, 0.25) is 0 Å². The fourth-order valence-corrected chi connectivity index (χ4v) is 3.00. The maximum absolute atomic E-state index is 11.2. The summed E-state index contributed by atoms with van der Waals surface area (Å²) in [6, 6.07) is 9.90. The highest BCUT2D eigenvalue weighted by atomic mass is 19.4. The molecule has 0 amide bonds. The van der Waals surface area contributed by atoms with Gasteiger partial charge in [0.05, 0.1) is 6.04 Å². The van der Waals surface area contributed by atoms with Gasteiger partial charge in [0, 0.05) is 18.5 Å². The largest absolute Gasteiger partial charge is 0.490 e. The molecule has 1 aliphatic carbocycles. The molecule has 152 valence electrons. The Bertz CT molecular complexity index is 1060. The molecule has 8 nitrogen and oxygen atoms in total. The smallest absolute Gasteiger partial charge is 0.477 e. The van der Waals surface area contributed by atoms with Crippen molar-refractivity contribution in [1.82, 2.24) is 14.4 Å². The molecule has 1 unspecified atom stereocenters. The van der Waals surface area contributed by atoms with Crippen molar-refractivity contribution in [3.8, 4) is 0 Å². The number of carboxylic acids is 2. The highest BCUT2D eigenvalue weighted by molar-refractivity contribution is 5.87. The first-order chi connectivity index (χ1) is 13.7. The molecule has 0 saturated heterocycles. The Morgan fingerprint density at radius 2 is 1.90 bits per heavy atom. The van der Waals surface area contributed by atoms with Crippen LogP contribution < -0.4 is 5.32 Å². The summed E-state index contributed by atoms with van der Waals surface area (Å²) in [7, 11) is 0. The van der Waals surface area contributed by atoms with Crippen molar-refractivity contribution < 1.29 is 33.0 Å². The van der Waals surface area contributed by atoms with Crippen LogP contribution in [-0.2, 0) is 11.2 Å². The normalized spacial score (nSPS) is 15.3. The number of aromatic nitrogens is 3. The van der Waals surface area contributed by atoms with E-state index in [1.807, 2.05) is 12.1 Å². The minimum atomic E-state index is -5.08. The van der Waals surface area contributed by atoms with Gasteiger partial charge in [-0.25, -0.2) is 19.6 Å². The Balaban J connectivity index is 0.000000298. The number of nitrogens with one attached hydrogen (secondary N) is 1. The number of rotatable bonds is 3. The van der Waals surface area contributed by atoms with Crippen LogP contribution in [0.4, 0.5) is 19.1 Å². The van der Waals surface area contributed by atoms with Crippen LogP contribution in [0.3, 0.4) is 0 Å². The van der Waals surface area contributed by atoms with Gasteiger partial charge in [-0.15, -0.1) is 0 Å². The molecule has 0 bridgehead atoms. The maximum atomic E-state index is 11.2. The lowest BCUT2D eigenvalue weighted by atomic mass is 10.1. The number of aromatic carboxylic acids is 1. The van der Waals surface area contributed by atoms with Crippen molar-refractivity contribution in [2.75, 3.05) is 5.32 Å². The van der Waals surface area contributed by atoms with E-state index in [-0.39, 0.29) is 11.7 Å². The minimum Gasteiger partial charge on any atom is -0.477 e. The second kappa shape index (κ2) is 7.78. The number of anilines is 1. The van der Waals surface area contributed by atoms with E-state index >= 15 is 0 Å². The summed E-state index contributed by atoms with van der Waals surface area (Å²) < 4.78 is 33.5. The summed E-state index contributed by atoms with van der Waals surface area (Å²) in [4.78, 5) is 28.5. The Hall–Kier alpha value is -3.63. The number of hydrogen-bond donors (Lipinski definition) is 3. The van der Waals surface area contributed by atoms with Gasteiger partial charge in [0.15, 0.2) is 5.69 Å². The third kappa shape index (κ3) is 4.45. The Kier molecular flexibility index (Phi) is 5.39. The molecule has 0 aliphatic heterocycles. The Morgan fingerprint density at radius 3 is 2.55 bits per heavy atom. The average Bonchev–Trinajstić information content (AvgIpc) is 3.28. The van der Waals surface area contributed by atoms with Crippen molar-refractivity contribution in [3.63, 3.8) is 0 Å². The number of nitrogens with zero attached hydrogens (tertiary/aromatic N) is 3. The van der Waals surface area contributed by atoms with E-state index in [2.05, 4.69) is 27.4 Å². The quantitative estimate of drug-likeness (QED) is 0.609. The van der Waals surface area contributed by atoms with Crippen molar-refractivity contribution in [1.29, 1.82) is 0 Å². The number of fused-ring (bicyclic) bond motifs is 2. The lowest BCUT2D eigenvalue weighted by Gasteiger charge is -2.16. The number of hydrogen-bond acceptors (Lipinski definition) is 5. The van der Waals surface area contributed by atoms with Crippen molar-refractivity contribution in [3.05, 3.63) is 59.5 Å². The average molecular weight is 408 g/mol. The van der Waals surface area contributed by atoms with Gasteiger partial charge in [-0.3, -0.25) is 4.40 Å². The van der Waals surface area contributed by atoms with Gasteiger partial charge in [-0.2, -0.15) is 13.2 Å². The van der Waals surface area contributed by atoms with E-state index in [9.17, 15) is 23.1 Å². The van der Waals surface area contributed by atoms with Crippen LogP contribution in [0.15, 0.2) is 42.7 Å². The van der Waals surface area contributed by atoms with E-state index < -0.39 is 18.1 Å². The predicted molar refractivity (Wildman–Crippen MR) is 94.8 cm³/mol. The topological polar surface area (TPSA) is 117 Å². The van der Waals surface area contributed by atoms with Gasteiger partial charge >= 0.3 is 18.1 Å². The molecular formula is C18H15F3N4O4. The van der Waals surface area contributed by atoms with E-state index in [0.29, 0.717) is 11.6 Å². The van der Waals surface area contributed by atoms with Crippen LogP contribution in [0.5, 0.6) is 0 Å². The molecular weight excluding hydrogens is 393 g/mol. The van der Waals surface area contributed by atoms with Crippen molar-refractivity contribution >= 4 is 23.5 Å². The molecule has 0 saturated carbocycles. The fraction of sp³-hybridized carbons (Fsp3) is 0.222. The van der Waals surface area contributed by atoms with Gasteiger partial charge in [-0.05, 0) is 24.0 Å². The standard InChI is InChI=1S/C16H14N4O2.C2HF3O2/c21-15(22)13-9-14-17-7-8-20(14)16(19-13)18-12-6-5-10-3-1-2-4-11(10)12;3-2(4,5)1(6)7/h1-4,7-9,12H,5-6H2,(H,18,19)(H,21,22);(H,6,7). The van der Waals surface area contributed by atoms with Crippen LogP contribution in [0, 0.1) is 0 Å². The van der Waals surface area contributed by atoms with E-state index in [1.54, 1.807) is 16.8 Å². The zero-order chi connectivity index (χ0) is 21.2. The number of aryl methyl sites for hydroxylation is 1. The van der Waals surface area contributed by atoms with Crippen LogP contribution >= 0.6 is 0 Å². The zero-order valence-electron chi connectivity index (χ0n) is 14.7. The number of aliphatic carboxylic acids is 1. The highest BCUT2D eigenvalue weighted by Crippen LogP contribution is 2.33. The molecule has 2 heterocycles. The number of carboxylic acid groups (broad SMARTS) is 2. The second-order valence-corrected chi connectivity index (χ2v) is 6.16. The van der Waals surface area contributed by atoms with E-state index in [4.69, 9.17) is 9.90 Å². The molecule has 29 heavy (non-hydrogen) atoms. The minimum absolute atomic E-state index is 0.00696. The molecule has 3 N–H and O–H groups in total. The molecule has 1 aromatic carbocycles. The first kappa shape index (κ1) is 20.1. The van der Waals surface area contributed by atoms with Gasteiger partial charge in [-0.1, -0.05) is 24.3 Å². The number of alkyl halides is 3. The number of halogens is 3. The molecule has 0 radical (unpaired) electrons. The second-order valence-electron chi connectivity index (χ2n) is 6.16. The first-order valence-corrected chi connectivity index (χ1v) is 8.38. The van der Waals surface area contributed by atoms with Crippen molar-refractivity contribution in [2.45, 2.75) is 25.1 Å². The molecule has 0 fully saturated rings. The maximum Gasteiger partial charge on any atom is 0.490 e. The monoisotopic (exact) mass is 408 g/mol. The van der Waals surface area contributed by atoms with Gasteiger partial charge in [0.1, 0.15) is 5.65 Å². The molecule has 11 heteroatoms. The van der Waals surface area contributed by atoms with Crippen LogP contribution in [0.1, 0.15) is 34.1 Å². The lowest BCUT2D eigenvalue weighted by Crippen LogP contribution is -2.21.